The van der Waals surface area contributed by atoms with E-state index in [4.69, 9.17) is 5.11 Å². The van der Waals surface area contributed by atoms with Gasteiger partial charge in [0.25, 0.3) is 0 Å². The lowest BCUT2D eigenvalue weighted by Crippen LogP contribution is -2.04. The molecule has 0 radical (unpaired) electrons. The first-order valence-electron chi connectivity index (χ1n) is 5.72. The molecule has 2 aromatic carbocycles. The van der Waals surface area contributed by atoms with E-state index in [1.54, 1.807) is 0 Å². The molecule has 4 nitrogen and oxygen atoms in total. The summed E-state index contributed by atoms with van der Waals surface area (Å²) in [7, 11) is 0. The highest BCUT2D eigenvalue weighted by Gasteiger charge is 2.11. The number of carbonyl (C=O) groups is 1. The third-order valence-electron chi connectivity index (χ3n) is 2.75. The molecule has 6 heteroatoms. The van der Waals surface area contributed by atoms with Crippen molar-refractivity contribution in [2.45, 2.75) is 6.54 Å². The zero-order valence-electron chi connectivity index (χ0n) is 10.2. The summed E-state index contributed by atoms with van der Waals surface area (Å²) < 4.78 is 26.3. The van der Waals surface area contributed by atoms with E-state index in [1.165, 1.54) is 18.2 Å². The topological polar surface area (TPSA) is 69.6 Å². The first-order chi connectivity index (χ1) is 9.49. The van der Waals surface area contributed by atoms with Gasteiger partial charge in [0.15, 0.2) is 11.6 Å². The number of aromatic carboxylic acids is 1. The zero-order chi connectivity index (χ0) is 14.7. The van der Waals surface area contributed by atoms with Crippen LogP contribution in [0.15, 0.2) is 36.4 Å². The van der Waals surface area contributed by atoms with Crippen LogP contribution in [0.4, 0.5) is 14.5 Å². The number of phenolic OH excluding ortho intramolecular Hbond substituents is 1. The lowest BCUT2D eigenvalue weighted by molar-refractivity contribution is 0.0692. The second-order valence-corrected chi connectivity index (χ2v) is 4.10. The Morgan fingerprint density at radius 1 is 1.15 bits per heavy atom. The summed E-state index contributed by atoms with van der Waals surface area (Å²) in [6.07, 6.45) is 0. The molecule has 0 aliphatic carbocycles. The van der Waals surface area contributed by atoms with Gasteiger partial charge in [-0.05, 0) is 24.3 Å². The van der Waals surface area contributed by atoms with Crippen molar-refractivity contribution in [2.24, 2.45) is 0 Å². The summed E-state index contributed by atoms with van der Waals surface area (Å²) >= 11 is 0. The summed E-state index contributed by atoms with van der Waals surface area (Å²) in [5.41, 5.74) is 0.206. The van der Waals surface area contributed by atoms with Crippen LogP contribution in [0.25, 0.3) is 0 Å². The number of hydrogen-bond acceptors (Lipinski definition) is 3. The Morgan fingerprint density at radius 2 is 1.90 bits per heavy atom. The Morgan fingerprint density at radius 3 is 2.60 bits per heavy atom. The molecule has 3 N–H and O–H groups in total. The van der Waals surface area contributed by atoms with Crippen LogP contribution in [-0.2, 0) is 6.54 Å². The third kappa shape index (κ3) is 2.85. The lowest BCUT2D eigenvalue weighted by Gasteiger charge is -2.09. The molecule has 0 unspecified atom stereocenters. The highest BCUT2D eigenvalue weighted by Crippen LogP contribution is 2.22. The lowest BCUT2D eigenvalue weighted by atomic mass is 10.1. The Balaban J connectivity index is 2.17. The van der Waals surface area contributed by atoms with Crippen LogP contribution in [0, 0.1) is 11.6 Å². The number of para-hydroxylation sites is 1. The number of carboxylic acid groups (broad SMARTS) is 1. The van der Waals surface area contributed by atoms with Gasteiger partial charge in [0.05, 0.1) is 5.56 Å². The summed E-state index contributed by atoms with van der Waals surface area (Å²) in [6.45, 7) is 0.0777. The van der Waals surface area contributed by atoms with Gasteiger partial charge in [0.2, 0.25) is 0 Å². The molecule has 0 saturated carbocycles. The Bertz CT molecular complexity index is 659. The number of anilines is 1. The SMILES string of the molecule is O=C(O)c1cc(NCc2cccc(F)c2O)ccc1F. The number of carboxylic acids is 1. The van der Waals surface area contributed by atoms with Crippen molar-refractivity contribution in [2.75, 3.05) is 5.32 Å². The van der Waals surface area contributed by atoms with Gasteiger partial charge >= 0.3 is 5.97 Å². The third-order valence-corrected chi connectivity index (χ3v) is 2.75. The molecule has 2 aromatic rings. The number of rotatable bonds is 4. The van der Waals surface area contributed by atoms with Crippen LogP contribution >= 0.6 is 0 Å². The van der Waals surface area contributed by atoms with E-state index < -0.39 is 28.9 Å². The molecule has 0 amide bonds. The second-order valence-electron chi connectivity index (χ2n) is 4.10. The molecule has 0 saturated heterocycles. The molecule has 0 spiro atoms. The smallest absolute Gasteiger partial charge is 0.338 e. The molecular formula is C14H11F2NO3. The minimum absolute atomic E-state index is 0.0777. The van der Waals surface area contributed by atoms with Crippen LogP contribution < -0.4 is 5.32 Å². The number of hydrogen-bond donors (Lipinski definition) is 3. The molecule has 20 heavy (non-hydrogen) atoms. The maximum atomic E-state index is 13.2. The summed E-state index contributed by atoms with van der Waals surface area (Å²) in [5.74, 6) is -3.42. The van der Waals surface area contributed by atoms with Crippen LogP contribution in [0.2, 0.25) is 0 Å². The Hall–Kier alpha value is -2.63. The average molecular weight is 279 g/mol. The fourth-order valence-electron chi connectivity index (χ4n) is 1.70. The molecule has 0 aliphatic heterocycles. The molecule has 0 atom stereocenters. The van der Waals surface area contributed by atoms with Crippen molar-refractivity contribution in [1.82, 2.24) is 0 Å². The highest BCUT2D eigenvalue weighted by molar-refractivity contribution is 5.89. The van der Waals surface area contributed by atoms with Crippen molar-refractivity contribution in [3.63, 3.8) is 0 Å². The molecule has 0 aliphatic rings. The first kappa shape index (κ1) is 13.8. The van der Waals surface area contributed by atoms with Crippen molar-refractivity contribution >= 4 is 11.7 Å². The van der Waals surface area contributed by atoms with Crippen LogP contribution in [-0.4, -0.2) is 16.2 Å². The van der Waals surface area contributed by atoms with E-state index in [9.17, 15) is 18.7 Å². The summed E-state index contributed by atoms with van der Waals surface area (Å²) in [6, 6.07) is 7.61. The monoisotopic (exact) mass is 279 g/mol. The van der Waals surface area contributed by atoms with Crippen LogP contribution in [0.1, 0.15) is 15.9 Å². The van der Waals surface area contributed by atoms with Gasteiger partial charge in [-0.15, -0.1) is 0 Å². The number of phenols is 1. The first-order valence-corrected chi connectivity index (χ1v) is 5.72. The van der Waals surface area contributed by atoms with Crippen molar-refractivity contribution in [3.05, 3.63) is 59.2 Å². The molecule has 0 fully saturated rings. The number of aromatic hydroxyl groups is 1. The van der Waals surface area contributed by atoms with E-state index in [0.717, 1.165) is 18.2 Å². The maximum absolute atomic E-state index is 13.2. The number of benzene rings is 2. The highest BCUT2D eigenvalue weighted by atomic mass is 19.1. The normalized spacial score (nSPS) is 10.3. The van der Waals surface area contributed by atoms with Crippen molar-refractivity contribution in [1.29, 1.82) is 0 Å². The predicted octanol–water partition coefficient (Wildman–Crippen LogP) is 2.98. The van der Waals surface area contributed by atoms with E-state index >= 15 is 0 Å². The fraction of sp³-hybridized carbons (Fsp3) is 0.0714. The number of halogens is 2. The van der Waals surface area contributed by atoms with Gasteiger partial charge in [-0.25, -0.2) is 13.6 Å². The maximum Gasteiger partial charge on any atom is 0.338 e. The Kier molecular flexibility index (Phi) is 3.84. The summed E-state index contributed by atoms with van der Waals surface area (Å²) in [4.78, 5) is 10.8. The quantitative estimate of drug-likeness (QED) is 0.804. The van der Waals surface area contributed by atoms with Crippen LogP contribution in [0.3, 0.4) is 0 Å². The van der Waals surface area contributed by atoms with Gasteiger partial charge in [-0.3, -0.25) is 0 Å². The van der Waals surface area contributed by atoms with Crippen molar-refractivity contribution < 1.29 is 23.8 Å². The van der Waals surface area contributed by atoms with Gasteiger partial charge in [0, 0.05) is 17.8 Å². The van der Waals surface area contributed by atoms with Gasteiger partial charge < -0.3 is 15.5 Å². The minimum atomic E-state index is -1.38. The van der Waals surface area contributed by atoms with Gasteiger partial charge in [-0.1, -0.05) is 12.1 Å². The van der Waals surface area contributed by atoms with E-state index in [1.807, 2.05) is 0 Å². The number of nitrogens with one attached hydrogen (secondary N) is 1. The largest absolute Gasteiger partial charge is 0.505 e. The van der Waals surface area contributed by atoms with Crippen LogP contribution in [0.5, 0.6) is 5.75 Å². The van der Waals surface area contributed by atoms with Gasteiger partial charge in [0.1, 0.15) is 5.82 Å². The van der Waals surface area contributed by atoms with E-state index in [2.05, 4.69) is 5.32 Å². The average Bonchev–Trinajstić information content (AvgIpc) is 2.41. The van der Waals surface area contributed by atoms with Gasteiger partial charge in [-0.2, -0.15) is 0 Å². The second kappa shape index (κ2) is 5.56. The molecule has 0 aromatic heterocycles. The molecule has 0 bridgehead atoms. The molecule has 104 valence electrons. The molecular weight excluding hydrogens is 268 g/mol. The minimum Gasteiger partial charge on any atom is -0.505 e. The van der Waals surface area contributed by atoms with E-state index in [0.29, 0.717) is 11.3 Å². The fourth-order valence-corrected chi connectivity index (χ4v) is 1.70. The van der Waals surface area contributed by atoms with E-state index in [-0.39, 0.29) is 6.54 Å². The molecule has 0 heterocycles. The van der Waals surface area contributed by atoms with Crippen molar-refractivity contribution in [3.8, 4) is 5.75 Å². The predicted molar refractivity (Wildman–Crippen MR) is 68.8 cm³/mol. The zero-order valence-corrected chi connectivity index (χ0v) is 10.2. The summed E-state index contributed by atoms with van der Waals surface area (Å²) in [5, 5.41) is 21.1. The molecule has 2 rings (SSSR count). The standard InChI is InChI=1S/C14H11F2NO3/c15-11-5-4-9(6-10(11)14(19)20)17-7-8-2-1-3-12(16)13(8)18/h1-6,17-18H,7H2,(H,19,20). The Labute approximate surface area is 113 Å².